The third-order valence-corrected chi connectivity index (χ3v) is 8.20. The number of hydrogen-bond acceptors (Lipinski definition) is 2. The lowest BCUT2D eigenvalue weighted by molar-refractivity contribution is -0.908. The van der Waals surface area contributed by atoms with Gasteiger partial charge in [0.2, 0.25) is 5.28 Å². The summed E-state index contributed by atoms with van der Waals surface area (Å²) in [6.07, 6.45) is 28.2. The standard InChI is InChI=1S/C26H51NO2P/c1-6-8-9-10-11-12-13-14-15-16-17-18-19-20-21-22-23-24-25-26(7-2,30(28)29)27(3,4)5/h9-10,15-16H,6-8,11-14,17-25H2,1-5H3/q+1. The Hall–Kier alpha value is -0.660. The van der Waals surface area contributed by atoms with Gasteiger partial charge >= 0.3 is 7.68 Å². The van der Waals surface area contributed by atoms with Crippen molar-refractivity contribution in [3.63, 3.8) is 0 Å². The number of hydrogen-bond donors (Lipinski definition) is 0. The highest BCUT2D eigenvalue weighted by Gasteiger charge is 2.46. The van der Waals surface area contributed by atoms with Gasteiger partial charge in [0.05, 0.1) is 21.1 Å². The van der Waals surface area contributed by atoms with Crippen molar-refractivity contribution in [2.24, 2.45) is 0 Å². The molecule has 0 spiro atoms. The Morgan fingerprint density at radius 2 is 1.03 bits per heavy atom. The fourth-order valence-corrected chi connectivity index (χ4v) is 5.26. The molecule has 0 aliphatic heterocycles. The minimum atomic E-state index is -2.42. The maximum absolute atomic E-state index is 11.9. The second-order valence-electron chi connectivity index (χ2n) is 9.64. The quantitative estimate of drug-likeness (QED) is 0.0819. The molecule has 0 saturated carbocycles. The van der Waals surface area contributed by atoms with Crippen LogP contribution in [-0.2, 0) is 9.13 Å². The van der Waals surface area contributed by atoms with Gasteiger partial charge in [-0.1, -0.05) is 76.7 Å². The fraction of sp³-hybridized carbons (Fsp3) is 0.846. The summed E-state index contributed by atoms with van der Waals surface area (Å²) in [6, 6.07) is 0. The summed E-state index contributed by atoms with van der Waals surface area (Å²) in [5.41, 5.74) is 0. The van der Waals surface area contributed by atoms with Gasteiger partial charge in [-0.2, -0.15) is 0 Å². The molecule has 0 N–H and O–H groups in total. The van der Waals surface area contributed by atoms with Crippen molar-refractivity contribution >= 4 is 7.68 Å². The van der Waals surface area contributed by atoms with Crippen LogP contribution < -0.4 is 0 Å². The minimum Gasteiger partial charge on any atom is -0.314 e. The molecule has 0 saturated heterocycles. The highest BCUT2D eigenvalue weighted by molar-refractivity contribution is 7.32. The van der Waals surface area contributed by atoms with Crippen LogP contribution >= 0.6 is 7.68 Å². The molecule has 0 aromatic heterocycles. The largest absolute Gasteiger partial charge is 0.378 e. The van der Waals surface area contributed by atoms with Gasteiger partial charge in [-0.3, -0.25) is 0 Å². The molecule has 0 bridgehead atoms. The van der Waals surface area contributed by atoms with Gasteiger partial charge in [0.1, 0.15) is 0 Å². The van der Waals surface area contributed by atoms with Crippen LogP contribution in [0.3, 0.4) is 0 Å². The van der Waals surface area contributed by atoms with Crippen molar-refractivity contribution in [3.8, 4) is 0 Å². The van der Waals surface area contributed by atoms with Crippen molar-refractivity contribution in [1.29, 1.82) is 0 Å². The topological polar surface area (TPSA) is 34.1 Å². The predicted octanol–water partition coefficient (Wildman–Crippen LogP) is 8.96. The smallest absolute Gasteiger partial charge is 0.314 e. The number of unbranched alkanes of at least 4 members (excludes halogenated alkanes) is 11. The van der Waals surface area contributed by atoms with Crippen molar-refractivity contribution < 1.29 is 13.6 Å². The van der Waals surface area contributed by atoms with Gasteiger partial charge in [0, 0.05) is 12.8 Å². The second kappa shape index (κ2) is 18.0. The molecule has 0 aromatic carbocycles. The molecule has 0 fully saturated rings. The van der Waals surface area contributed by atoms with Crippen LogP contribution in [0.25, 0.3) is 0 Å². The van der Waals surface area contributed by atoms with Crippen LogP contribution in [0.2, 0.25) is 0 Å². The number of allylic oxidation sites excluding steroid dienone is 4. The van der Waals surface area contributed by atoms with E-state index in [2.05, 4.69) is 31.2 Å². The van der Waals surface area contributed by atoms with E-state index in [4.69, 9.17) is 0 Å². The summed E-state index contributed by atoms with van der Waals surface area (Å²) in [5.74, 6) is 0. The van der Waals surface area contributed by atoms with E-state index in [0.717, 1.165) is 19.3 Å². The summed E-state index contributed by atoms with van der Waals surface area (Å²) in [4.78, 5) is 0. The Kier molecular flexibility index (Phi) is 17.6. The zero-order valence-corrected chi connectivity index (χ0v) is 21.7. The molecule has 176 valence electrons. The highest BCUT2D eigenvalue weighted by Crippen LogP contribution is 2.43. The van der Waals surface area contributed by atoms with E-state index in [1.165, 1.54) is 77.0 Å². The van der Waals surface area contributed by atoms with Crippen molar-refractivity contribution in [2.45, 2.75) is 122 Å². The first kappa shape index (κ1) is 29.3. The van der Waals surface area contributed by atoms with Gasteiger partial charge in [-0.05, 0) is 51.4 Å². The lowest BCUT2D eigenvalue weighted by Gasteiger charge is -2.40. The van der Waals surface area contributed by atoms with E-state index in [1.807, 2.05) is 28.1 Å². The molecular formula is C26H51NO2P+. The summed E-state index contributed by atoms with van der Waals surface area (Å²) in [7, 11) is 3.61. The normalized spacial score (nSPS) is 14.6. The molecule has 1 atom stereocenters. The van der Waals surface area contributed by atoms with Crippen LogP contribution in [0.5, 0.6) is 0 Å². The SMILES string of the molecule is CCCC=CCCCCC=CCCCCCCCCCC(CC)(P(=O)=O)[N+](C)(C)C. The first-order chi connectivity index (χ1) is 14.3. The molecule has 0 aliphatic carbocycles. The first-order valence-electron chi connectivity index (χ1n) is 12.6. The average molecular weight is 441 g/mol. The van der Waals surface area contributed by atoms with Crippen LogP contribution in [0, 0.1) is 0 Å². The van der Waals surface area contributed by atoms with Crippen molar-refractivity contribution in [3.05, 3.63) is 24.3 Å². The third kappa shape index (κ3) is 12.9. The van der Waals surface area contributed by atoms with Gasteiger partial charge in [0.15, 0.2) is 0 Å². The van der Waals surface area contributed by atoms with Crippen molar-refractivity contribution in [1.82, 2.24) is 0 Å². The van der Waals surface area contributed by atoms with E-state index >= 15 is 0 Å². The summed E-state index contributed by atoms with van der Waals surface area (Å²) in [6.45, 7) is 4.23. The predicted molar refractivity (Wildman–Crippen MR) is 133 cm³/mol. The molecule has 4 heteroatoms. The Labute approximate surface area is 188 Å². The van der Waals surface area contributed by atoms with E-state index in [1.54, 1.807) is 0 Å². The highest BCUT2D eigenvalue weighted by atomic mass is 31.1. The van der Waals surface area contributed by atoms with Gasteiger partial charge in [-0.25, -0.2) is 9.13 Å². The molecule has 0 aliphatic rings. The molecule has 1 unspecified atom stereocenters. The van der Waals surface area contributed by atoms with Gasteiger partial charge < -0.3 is 4.48 Å². The van der Waals surface area contributed by atoms with Crippen LogP contribution in [0.15, 0.2) is 24.3 Å². The monoisotopic (exact) mass is 440 g/mol. The molecule has 0 radical (unpaired) electrons. The van der Waals surface area contributed by atoms with Crippen LogP contribution in [-0.4, -0.2) is 30.9 Å². The van der Waals surface area contributed by atoms with E-state index in [9.17, 15) is 9.13 Å². The van der Waals surface area contributed by atoms with Crippen molar-refractivity contribution in [2.75, 3.05) is 21.1 Å². The lowest BCUT2D eigenvalue weighted by atomic mass is 10.0. The Balaban J connectivity index is 3.64. The zero-order valence-electron chi connectivity index (χ0n) is 20.8. The van der Waals surface area contributed by atoms with Gasteiger partial charge in [-0.15, -0.1) is 0 Å². The fourth-order valence-electron chi connectivity index (χ4n) is 4.17. The molecule has 0 heterocycles. The van der Waals surface area contributed by atoms with E-state index < -0.39 is 13.0 Å². The summed E-state index contributed by atoms with van der Waals surface area (Å²) in [5, 5.41) is -0.604. The molecule has 30 heavy (non-hydrogen) atoms. The molecule has 3 nitrogen and oxygen atoms in total. The Morgan fingerprint density at radius 1 is 0.633 bits per heavy atom. The second-order valence-corrected chi connectivity index (χ2v) is 11.0. The summed E-state index contributed by atoms with van der Waals surface area (Å²) < 4.78 is 24.4. The maximum Gasteiger partial charge on any atom is 0.378 e. The minimum absolute atomic E-state index is 0.506. The lowest BCUT2D eigenvalue weighted by Crippen LogP contribution is -2.53. The zero-order chi connectivity index (χ0) is 22.7. The maximum atomic E-state index is 11.9. The molecule has 0 amide bonds. The first-order valence-corrected chi connectivity index (χ1v) is 13.8. The summed E-state index contributed by atoms with van der Waals surface area (Å²) >= 11 is 0. The van der Waals surface area contributed by atoms with E-state index in [0.29, 0.717) is 10.9 Å². The Bertz CT molecular complexity index is 524. The van der Waals surface area contributed by atoms with E-state index in [-0.39, 0.29) is 0 Å². The Morgan fingerprint density at radius 3 is 1.43 bits per heavy atom. The van der Waals surface area contributed by atoms with Crippen LogP contribution in [0.4, 0.5) is 0 Å². The van der Waals surface area contributed by atoms with Crippen LogP contribution in [0.1, 0.15) is 117 Å². The number of rotatable bonds is 20. The average Bonchev–Trinajstić information content (AvgIpc) is 2.68. The third-order valence-electron chi connectivity index (χ3n) is 6.38. The molecule has 0 aromatic rings. The van der Waals surface area contributed by atoms with Gasteiger partial charge in [0.25, 0.3) is 0 Å². The molecular weight excluding hydrogens is 389 g/mol. The number of quaternary nitrogens is 1. The number of nitrogens with zero attached hydrogens (tertiary/aromatic N) is 1. The molecule has 0 rings (SSSR count).